The van der Waals surface area contributed by atoms with Gasteiger partial charge in [0, 0.05) is 51.1 Å². The van der Waals surface area contributed by atoms with Crippen LogP contribution >= 0.6 is 0 Å². The Morgan fingerprint density at radius 1 is 0.909 bits per heavy atom. The molecule has 0 amide bonds. The summed E-state index contributed by atoms with van der Waals surface area (Å²) in [6.07, 6.45) is 1.20. The van der Waals surface area contributed by atoms with Crippen LogP contribution in [0, 0.1) is 11.3 Å². The number of piperazine rings is 1. The normalized spacial score (nSPS) is 14.0. The smallest absolute Gasteiger partial charge is 0.127 e. The molecular weight excluding hydrogens is 408 g/mol. The fourth-order valence-electron chi connectivity index (χ4n) is 4.30. The Kier molecular flexibility index (Phi) is 7.49. The maximum atomic E-state index is 9.67. The van der Waals surface area contributed by atoms with Crippen molar-refractivity contribution < 1.29 is 4.74 Å². The van der Waals surface area contributed by atoms with E-state index in [4.69, 9.17) is 4.74 Å². The lowest BCUT2D eigenvalue weighted by atomic mass is 10.1. The number of benzene rings is 3. The first kappa shape index (κ1) is 22.7. The fraction of sp³-hybridized carbons (Fsp3) is 0.321. The zero-order chi connectivity index (χ0) is 23.0. The number of rotatable bonds is 8. The van der Waals surface area contributed by atoms with Crippen LogP contribution < -0.4 is 14.5 Å². The van der Waals surface area contributed by atoms with Crippen LogP contribution in [0.1, 0.15) is 24.5 Å². The van der Waals surface area contributed by atoms with E-state index in [2.05, 4.69) is 59.0 Å². The third-order valence-electron chi connectivity index (χ3n) is 6.15. The molecule has 1 heterocycles. The second-order valence-corrected chi connectivity index (χ2v) is 8.55. The molecule has 0 spiro atoms. The second kappa shape index (κ2) is 10.9. The third kappa shape index (κ3) is 5.85. The molecule has 33 heavy (non-hydrogen) atoms. The average Bonchev–Trinajstić information content (AvgIpc) is 2.86. The number of hydrogen-bond acceptors (Lipinski definition) is 5. The molecule has 5 heteroatoms. The first-order valence-electron chi connectivity index (χ1n) is 11.7. The number of para-hydroxylation sites is 1. The molecule has 3 aromatic carbocycles. The van der Waals surface area contributed by atoms with Crippen molar-refractivity contribution >= 4 is 11.4 Å². The molecule has 0 N–H and O–H groups in total. The van der Waals surface area contributed by atoms with E-state index in [0.29, 0.717) is 6.54 Å². The van der Waals surface area contributed by atoms with Gasteiger partial charge in [0.2, 0.25) is 0 Å². The quantitative estimate of drug-likeness (QED) is 0.461. The molecule has 0 aliphatic carbocycles. The van der Waals surface area contributed by atoms with Gasteiger partial charge < -0.3 is 14.5 Å². The summed E-state index contributed by atoms with van der Waals surface area (Å²) in [5.41, 5.74) is 4.08. The lowest BCUT2D eigenvalue weighted by Gasteiger charge is -2.36. The van der Waals surface area contributed by atoms with Gasteiger partial charge in [-0.15, -0.1) is 0 Å². The van der Waals surface area contributed by atoms with Gasteiger partial charge in [0.05, 0.1) is 11.6 Å². The van der Waals surface area contributed by atoms with E-state index in [1.165, 1.54) is 18.7 Å². The van der Waals surface area contributed by atoms with Crippen molar-refractivity contribution in [3.8, 4) is 17.6 Å². The molecular formula is C28H32N4O. The van der Waals surface area contributed by atoms with E-state index in [1.54, 1.807) is 0 Å². The van der Waals surface area contributed by atoms with Crippen LogP contribution in [0.2, 0.25) is 0 Å². The number of nitrogens with zero attached hydrogens (tertiary/aromatic N) is 4. The Bertz CT molecular complexity index is 1070. The van der Waals surface area contributed by atoms with Crippen molar-refractivity contribution in [2.24, 2.45) is 0 Å². The molecule has 170 valence electrons. The molecule has 1 aliphatic heterocycles. The van der Waals surface area contributed by atoms with Gasteiger partial charge in [-0.05, 0) is 73.1 Å². The number of ether oxygens (including phenoxy) is 1. The molecule has 0 radical (unpaired) electrons. The van der Waals surface area contributed by atoms with Crippen LogP contribution in [0.4, 0.5) is 11.4 Å². The highest BCUT2D eigenvalue weighted by Gasteiger charge is 2.18. The van der Waals surface area contributed by atoms with E-state index in [-0.39, 0.29) is 0 Å². The van der Waals surface area contributed by atoms with E-state index in [1.807, 2.05) is 48.5 Å². The Morgan fingerprint density at radius 2 is 1.61 bits per heavy atom. The molecule has 0 bridgehead atoms. The first-order chi connectivity index (χ1) is 16.2. The topological polar surface area (TPSA) is 42.7 Å². The highest BCUT2D eigenvalue weighted by Crippen LogP contribution is 2.26. The van der Waals surface area contributed by atoms with Gasteiger partial charge in [-0.2, -0.15) is 5.26 Å². The summed E-state index contributed by atoms with van der Waals surface area (Å²) in [6, 6.07) is 26.5. The van der Waals surface area contributed by atoms with Crippen LogP contribution in [0.15, 0.2) is 72.8 Å². The molecule has 0 unspecified atom stereocenters. The zero-order valence-electron chi connectivity index (χ0n) is 19.6. The van der Waals surface area contributed by atoms with Gasteiger partial charge >= 0.3 is 0 Å². The van der Waals surface area contributed by atoms with E-state index < -0.39 is 0 Å². The van der Waals surface area contributed by atoms with Crippen molar-refractivity contribution in [3.63, 3.8) is 0 Å². The maximum Gasteiger partial charge on any atom is 0.127 e. The van der Waals surface area contributed by atoms with Gasteiger partial charge in [-0.1, -0.05) is 25.1 Å². The third-order valence-corrected chi connectivity index (χ3v) is 6.15. The van der Waals surface area contributed by atoms with Crippen molar-refractivity contribution in [1.82, 2.24) is 4.90 Å². The van der Waals surface area contributed by atoms with Crippen molar-refractivity contribution in [1.29, 1.82) is 5.26 Å². The molecule has 0 atom stereocenters. The number of anilines is 2. The van der Waals surface area contributed by atoms with Gasteiger partial charge in [0.15, 0.2) is 0 Å². The number of hydrogen-bond donors (Lipinski definition) is 0. The van der Waals surface area contributed by atoms with Crippen LogP contribution in [-0.4, -0.2) is 44.7 Å². The van der Waals surface area contributed by atoms with Crippen molar-refractivity contribution in [3.05, 3.63) is 83.9 Å². The largest absolute Gasteiger partial charge is 0.457 e. The molecule has 1 saturated heterocycles. The van der Waals surface area contributed by atoms with E-state index in [9.17, 15) is 5.26 Å². The summed E-state index contributed by atoms with van der Waals surface area (Å²) >= 11 is 0. The average molecular weight is 441 g/mol. The van der Waals surface area contributed by atoms with E-state index >= 15 is 0 Å². The minimum Gasteiger partial charge on any atom is -0.457 e. The predicted octanol–water partition coefficient (Wildman–Crippen LogP) is 5.52. The fourth-order valence-corrected chi connectivity index (χ4v) is 4.30. The minimum absolute atomic E-state index is 0.672. The highest BCUT2D eigenvalue weighted by molar-refractivity contribution is 5.56. The Morgan fingerprint density at radius 3 is 2.27 bits per heavy atom. The molecule has 0 saturated carbocycles. The molecule has 0 aromatic heterocycles. The summed E-state index contributed by atoms with van der Waals surface area (Å²) in [4.78, 5) is 7.14. The maximum absolute atomic E-state index is 9.67. The zero-order valence-corrected chi connectivity index (χ0v) is 19.6. The summed E-state index contributed by atoms with van der Waals surface area (Å²) in [5, 5.41) is 9.67. The van der Waals surface area contributed by atoms with Crippen LogP contribution in [-0.2, 0) is 6.54 Å². The van der Waals surface area contributed by atoms with Gasteiger partial charge in [0.1, 0.15) is 11.5 Å². The SMILES string of the molecule is CCCN1CCN(c2ccc(C#N)c(CN(C)c3ccc(Oc4ccccc4)cc3)c2)CC1. The molecule has 4 rings (SSSR count). The minimum atomic E-state index is 0.672. The predicted molar refractivity (Wildman–Crippen MR) is 135 cm³/mol. The second-order valence-electron chi connectivity index (χ2n) is 8.55. The molecule has 1 aliphatic rings. The Labute approximate surface area is 197 Å². The van der Waals surface area contributed by atoms with Gasteiger partial charge in [-0.3, -0.25) is 4.90 Å². The van der Waals surface area contributed by atoms with Crippen LogP contribution in [0.3, 0.4) is 0 Å². The summed E-state index contributed by atoms with van der Waals surface area (Å²) in [6.45, 7) is 8.34. The Balaban J connectivity index is 1.43. The Hall–Kier alpha value is -3.49. The standard InChI is InChI=1S/C28H32N4O/c1-3-15-31-16-18-32(19-17-31)26-10-9-23(21-29)24(20-26)22-30(2)25-11-13-28(14-12-25)33-27-7-5-4-6-8-27/h4-14,20H,3,15-19,22H2,1-2H3. The highest BCUT2D eigenvalue weighted by atomic mass is 16.5. The van der Waals surface area contributed by atoms with E-state index in [0.717, 1.165) is 54.5 Å². The molecule has 5 nitrogen and oxygen atoms in total. The van der Waals surface area contributed by atoms with Gasteiger partial charge in [-0.25, -0.2) is 0 Å². The lowest BCUT2D eigenvalue weighted by molar-refractivity contribution is 0.258. The first-order valence-corrected chi connectivity index (χ1v) is 11.7. The lowest BCUT2D eigenvalue weighted by Crippen LogP contribution is -2.46. The molecule has 1 fully saturated rings. The van der Waals surface area contributed by atoms with Crippen molar-refractivity contribution in [2.45, 2.75) is 19.9 Å². The molecule has 3 aromatic rings. The van der Waals surface area contributed by atoms with Crippen LogP contribution in [0.5, 0.6) is 11.5 Å². The summed E-state index contributed by atoms with van der Waals surface area (Å²) in [5.74, 6) is 1.63. The van der Waals surface area contributed by atoms with Gasteiger partial charge in [0.25, 0.3) is 0 Å². The summed E-state index contributed by atoms with van der Waals surface area (Å²) in [7, 11) is 2.06. The summed E-state index contributed by atoms with van der Waals surface area (Å²) < 4.78 is 5.90. The van der Waals surface area contributed by atoms with Crippen molar-refractivity contribution in [2.75, 3.05) is 49.6 Å². The number of nitriles is 1. The van der Waals surface area contributed by atoms with Crippen LogP contribution in [0.25, 0.3) is 0 Å². The monoisotopic (exact) mass is 440 g/mol.